The fourth-order valence-corrected chi connectivity index (χ4v) is 3.84. The lowest BCUT2D eigenvalue weighted by Crippen LogP contribution is -2.41. The highest BCUT2D eigenvalue weighted by Crippen LogP contribution is 2.31. The monoisotopic (exact) mass is 421 g/mol. The van der Waals surface area contributed by atoms with Crippen LogP contribution in [0.2, 0.25) is 10.0 Å². The molecule has 0 aromatic heterocycles. The number of carbonyl (C=O) groups excluding carboxylic acids is 1. The normalized spacial score (nSPS) is 15.7. The molecule has 3 rings (SSSR count). The number of anilines is 1. The minimum Gasteiger partial charge on any atom is -0.496 e. The number of urea groups is 1. The molecule has 1 atom stereocenters. The summed E-state index contributed by atoms with van der Waals surface area (Å²) in [6.45, 7) is 2.51. The van der Waals surface area contributed by atoms with Crippen molar-refractivity contribution in [1.82, 2.24) is 10.2 Å². The summed E-state index contributed by atoms with van der Waals surface area (Å²) >= 11 is 11.9. The van der Waals surface area contributed by atoms with Crippen LogP contribution < -0.4 is 15.4 Å². The van der Waals surface area contributed by atoms with E-state index in [9.17, 15) is 4.79 Å². The van der Waals surface area contributed by atoms with Crippen LogP contribution in [0.15, 0.2) is 42.5 Å². The number of piperidine rings is 1. The summed E-state index contributed by atoms with van der Waals surface area (Å²) in [7, 11) is 1.68. The number of hydrogen-bond acceptors (Lipinski definition) is 3. The zero-order chi connectivity index (χ0) is 19.9. The van der Waals surface area contributed by atoms with Crippen molar-refractivity contribution in [2.45, 2.75) is 25.3 Å². The molecule has 0 spiro atoms. The van der Waals surface area contributed by atoms with E-state index in [1.165, 1.54) is 19.3 Å². The Morgan fingerprint density at radius 1 is 1.11 bits per heavy atom. The van der Waals surface area contributed by atoms with E-state index in [-0.39, 0.29) is 12.1 Å². The number of carbonyl (C=O) groups is 1. The molecule has 150 valence electrons. The highest BCUT2D eigenvalue weighted by atomic mass is 35.5. The Kier molecular flexibility index (Phi) is 7.43. The standard InChI is InChI=1S/C21H25Cl2N3O2/c1-28-20-8-4-3-7-16(20)19(26-11-5-2-6-12-26)14-24-21(27)25-15-9-10-17(22)18(23)13-15/h3-4,7-10,13,19H,2,5-6,11-12,14H2,1H3,(H2,24,25,27). The zero-order valence-corrected chi connectivity index (χ0v) is 17.4. The van der Waals surface area contributed by atoms with Gasteiger partial charge in [-0.25, -0.2) is 4.79 Å². The molecule has 5 nitrogen and oxygen atoms in total. The van der Waals surface area contributed by atoms with E-state index < -0.39 is 0 Å². The second kappa shape index (κ2) is 10.0. The van der Waals surface area contributed by atoms with Crippen LogP contribution in [0.4, 0.5) is 10.5 Å². The van der Waals surface area contributed by atoms with Gasteiger partial charge < -0.3 is 15.4 Å². The van der Waals surface area contributed by atoms with Crippen molar-refractivity contribution in [1.29, 1.82) is 0 Å². The van der Waals surface area contributed by atoms with E-state index in [2.05, 4.69) is 21.6 Å². The number of ether oxygens (including phenoxy) is 1. The average Bonchev–Trinajstić information content (AvgIpc) is 2.72. The van der Waals surface area contributed by atoms with Crippen LogP contribution >= 0.6 is 23.2 Å². The molecule has 0 radical (unpaired) electrons. The van der Waals surface area contributed by atoms with Gasteiger partial charge in [-0.3, -0.25) is 4.90 Å². The fraction of sp³-hybridized carbons (Fsp3) is 0.381. The predicted octanol–water partition coefficient (Wildman–Crippen LogP) is 5.35. The minimum atomic E-state index is -0.282. The van der Waals surface area contributed by atoms with Gasteiger partial charge in [0.25, 0.3) is 0 Å². The number of nitrogens with zero attached hydrogens (tertiary/aromatic N) is 1. The molecule has 2 N–H and O–H groups in total. The van der Waals surface area contributed by atoms with Crippen molar-refractivity contribution in [3.63, 3.8) is 0 Å². The molecular formula is C21H25Cl2N3O2. The zero-order valence-electron chi connectivity index (χ0n) is 15.9. The first-order valence-electron chi connectivity index (χ1n) is 9.45. The van der Waals surface area contributed by atoms with Crippen LogP contribution in [-0.2, 0) is 0 Å². The lowest BCUT2D eigenvalue weighted by Gasteiger charge is -2.35. The third-order valence-electron chi connectivity index (χ3n) is 4.96. The molecule has 1 aliphatic heterocycles. The Hall–Kier alpha value is -1.95. The Morgan fingerprint density at radius 2 is 1.86 bits per heavy atom. The molecule has 1 heterocycles. The van der Waals surface area contributed by atoms with Crippen molar-refractivity contribution < 1.29 is 9.53 Å². The van der Waals surface area contributed by atoms with Crippen LogP contribution in [0.1, 0.15) is 30.9 Å². The summed E-state index contributed by atoms with van der Waals surface area (Å²) in [4.78, 5) is 14.9. The first-order valence-corrected chi connectivity index (χ1v) is 10.2. The largest absolute Gasteiger partial charge is 0.496 e. The molecule has 7 heteroatoms. The number of amides is 2. The third kappa shape index (κ3) is 5.31. The van der Waals surface area contributed by atoms with Crippen LogP contribution in [0.5, 0.6) is 5.75 Å². The quantitative estimate of drug-likeness (QED) is 0.660. The highest BCUT2D eigenvalue weighted by molar-refractivity contribution is 6.42. The molecule has 0 aliphatic carbocycles. The first kappa shape index (κ1) is 20.8. The van der Waals surface area contributed by atoms with E-state index >= 15 is 0 Å². The lowest BCUT2D eigenvalue weighted by atomic mass is 10.0. The smallest absolute Gasteiger partial charge is 0.319 e. The van der Waals surface area contributed by atoms with Crippen molar-refractivity contribution in [2.24, 2.45) is 0 Å². The lowest BCUT2D eigenvalue weighted by molar-refractivity contribution is 0.158. The minimum absolute atomic E-state index is 0.0519. The number of benzene rings is 2. The molecule has 2 aromatic rings. The number of likely N-dealkylation sites (tertiary alicyclic amines) is 1. The summed E-state index contributed by atoms with van der Waals surface area (Å²) in [5.74, 6) is 0.838. The van der Waals surface area contributed by atoms with Gasteiger partial charge in [-0.05, 0) is 50.2 Å². The average molecular weight is 422 g/mol. The van der Waals surface area contributed by atoms with Gasteiger partial charge in [0.05, 0.1) is 23.2 Å². The number of para-hydroxylation sites is 1. The molecule has 2 amide bonds. The van der Waals surface area contributed by atoms with E-state index in [4.69, 9.17) is 27.9 Å². The molecule has 1 fully saturated rings. The fourth-order valence-electron chi connectivity index (χ4n) is 3.55. The van der Waals surface area contributed by atoms with Gasteiger partial charge in [0.15, 0.2) is 0 Å². The Bertz CT molecular complexity index is 810. The molecule has 1 unspecified atom stereocenters. The number of hydrogen-bond donors (Lipinski definition) is 2. The van der Waals surface area contributed by atoms with Gasteiger partial charge in [0.1, 0.15) is 5.75 Å². The van der Waals surface area contributed by atoms with Crippen molar-refractivity contribution in [3.05, 3.63) is 58.1 Å². The van der Waals surface area contributed by atoms with E-state index in [0.29, 0.717) is 22.3 Å². The Balaban J connectivity index is 1.70. The number of halogens is 2. The molecule has 1 saturated heterocycles. The number of rotatable bonds is 6. The molecule has 0 saturated carbocycles. The molecular weight excluding hydrogens is 397 g/mol. The second-order valence-electron chi connectivity index (χ2n) is 6.82. The summed E-state index contributed by atoms with van der Waals surface area (Å²) in [5, 5.41) is 6.65. The molecule has 2 aromatic carbocycles. The Labute approximate surface area is 176 Å². The van der Waals surface area contributed by atoms with Crippen LogP contribution in [-0.4, -0.2) is 37.7 Å². The SMILES string of the molecule is COc1ccccc1C(CNC(=O)Nc1ccc(Cl)c(Cl)c1)N1CCCCC1. The van der Waals surface area contributed by atoms with Crippen LogP contribution in [0, 0.1) is 0 Å². The Morgan fingerprint density at radius 3 is 2.57 bits per heavy atom. The van der Waals surface area contributed by atoms with Gasteiger partial charge in [0, 0.05) is 17.8 Å². The molecule has 28 heavy (non-hydrogen) atoms. The van der Waals surface area contributed by atoms with Gasteiger partial charge >= 0.3 is 6.03 Å². The van der Waals surface area contributed by atoms with Gasteiger partial charge in [0.2, 0.25) is 0 Å². The maximum absolute atomic E-state index is 12.4. The van der Waals surface area contributed by atoms with Crippen LogP contribution in [0.3, 0.4) is 0 Å². The van der Waals surface area contributed by atoms with Crippen LogP contribution in [0.25, 0.3) is 0 Å². The maximum atomic E-state index is 12.4. The first-order chi connectivity index (χ1) is 13.6. The van der Waals surface area contributed by atoms with Gasteiger partial charge in [-0.2, -0.15) is 0 Å². The summed E-state index contributed by atoms with van der Waals surface area (Å²) in [6, 6.07) is 12.8. The third-order valence-corrected chi connectivity index (χ3v) is 5.70. The summed E-state index contributed by atoms with van der Waals surface area (Å²) < 4.78 is 5.56. The highest BCUT2D eigenvalue weighted by Gasteiger charge is 2.25. The van der Waals surface area contributed by atoms with E-state index in [1.807, 2.05) is 18.2 Å². The van der Waals surface area contributed by atoms with E-state index in [0.717, 1.165) is 24.4 Å². The number of methoxy groups -OCH3 is 1. The number of nitrogens with one attached hydrogen (secondary N) is 2. The maximum Gasteiger partial charge on any atom is 0.319 e. The molecule has 1 aliphatic rings. The van der Waals surface area contributed by atoms with Crippen molar-refractivity contribution in [2.75, 3.05) is 32.1 Å². The summed E-state index contributed by atoms with van der Waals surface area (Å²) in [5.41, 5.74) is 1.68. The van der Waals surface area contributed by atoms with Gasteiger partial charge in [-0.15, -0.1) is 0 Å². The van der Waals surface area contributed by atoms with Gasteiger partial charge in [-0.1, -0.05) is 47.8 Å². The topological polar surface area (TPSA) is 53.6 Å². The van der Waals surface area contributed by atoms with E-state index in [1.54, 1.807) is 25.3 Å². The molecule has 0 bridgehead atoms. The summed E-state index contributed by atoms with van der Waals surface area (Å²) in [6.07, 6.45) is 3.59. The predicted molar refractivity (Wildman–Crippen MR) is 115 cm³/mol. The van der Waals surface area contributed by atoms with Crippen molar-refractivity contribution in [3.8, 4) is 5.75 Å². The van der Waals surface area contributed by atoms with Crippen molar-refractivity contribution >= 4 is 34.9 Å². The second-order valence-corrected chi connectivity index (χ2v) is 7.63.